The monoisotopic (exact) mass is 293 g/mol. The van der Waals surface area contributed by atoms with Crippen LogP contribution in [-0.2, 0) is 10.5 Å². The Morgan fingerprint density at radius 3 is 2.55 bits per heavy atom. The summed E-state index contributed by atoms with van der Waals surface area (Å²) in [5, 5.41) is 0. The largest absolute Gasteiger partial charge is 0.311 e. The highest BCUT2D eigenvalue weighted by Crippen LogP contribution is 2.52. The van der Waals surface area contributed by atoms with Gasteiger partial charge in [-0.05, 0) is 23.8 Å². The van der Waals surface area contributed by atoms with Gasteiger partial charge in [0, 0.05) is 5.92 Å². The molecule has 1 aromatic rings. The SMILES string of the molecule is CCC(C)CCCC1C(N=S(=O)=O)C1c1ccccc1. The number of hydrogen-bond donors (Lipinski definition) is 0. The van der Waals surface area contributed by atoms with Crippen LogP contribution in [0.3, 0.4) is 0 Å². The molecule has 0 amide bonds. The maximum Gasteiger partial charge on any atom is 0.311 e. The molecule has 0 saturated heterocycles. The zero-order valence-electron chi connectivity index (χ0n) is 12.2. The molecule has 0 aromatic heterocycles. The van der Waals surface area contributed by atoms with Gasteiger partial charge in [-0.25, -0.2) is 0 Å². The first-order valence-corrected chi connectivity index (χ1v) is 8.51. The first kappa shape index (κ1) is 15.2. The van der Waals surface area contributed by atoms with Crippen LogP contribution in [0.4, 0.5) is 0 Å². The highest BCUT2D eigenvalue weighted by molar-refractivity contribution is 7.61. The molecule has 0 radical (unpaired) electrons. The van der Waals surface area contributed by atoms with Crippen LogP contribution in [0.15, 0.2) is 34.7 Å². The highest BCUT2D eigenvalue weighted by Gasteiger charge is 2.51. The smallest absolute Gasteiger partial charge is 0.168 e. The molecule has 0 spiro atoms. The Balaban J connectivity index is 1.98. The van der Waals surface area contributed by atoms with Crippen molar-refractivity contribution in [2.75, 3.05) is 0 Å². The van der Waals surface area contributed by atoms with Crippen LogP contribution in [0.25, 0.3) is 0 Å². The summed E-state index contributed by atoms with van der Waals surface area (Å²) in [4.78, 5) is 0. The summed E-state index contributed by atoms with van der Waals surface area (Å²) in [7, 11) is -2.29. The van der Waals surface area contributed by atoms with Gasteiger partial charge in [0.1, 0.15) is 0 Å². The summed E-state index contributed by atoms with van der Waals surface area (Å²) < 4.78 is 25.5. The Kier molecular flexibility index (Phi) is 5.35. The predicted molar refractivity (Wildman–Crippen MR) is 81.1 cm³/mol. The summed E-state index contributed by atoms with van der Waals surface area (Å²) in [6.07, 6.45) is 4.68. The third-order valence-electron chi connectivity index (χ3n) is 4.45. The maximum absolute atomic E-state index is 10.8. The Hall–Kier alpha value is -1.16. The fourth-order valence-corrected chi connectivity index (χ4v) is 3.46. The molecule has 4 atom stereocenters. The van der Waals surface area contributed by atoms with Crippen LogP contribution in [0, 0.1) is 11.8 Å². The van der Waals surface area contributed by atoms with Crippen LogP contribution < -0.4 is 0 Å². The molecule has 0 N–H and O–H groups in total. The standard InChI is InChI=1S/C16H23NO2S/c1-3-12(2)8-7-11-14-15(16(14)17-20(18)19)13-9-5-4-6-10-13/h4-6,9-10,12,14-16H,3,7-8,11H2,1-2H3. The first-order valence-electron chi connectivity index (χ1n) is 7.48. The Bertz CT molecular complexity index is 545. The Morgan fingerprint density at radius 1 is 1.25 bits per heavy atom. The van der Waals surface area contributed by atoms with Gasteiger partial charge in [0.05, 0.1) is 6.04 Å². The van der Waals surface area contributed by atoms with Gasteiger partial charge in [-0.2, -0.15) is 12.8 Å². The molecular weight excluding hydrogens is 270 g/mol. The summed E-state index contributed by atoms with van der Waals surface area (Å²) in [6.45, 7) is 4.49. The molecule has 1 fully saturated rings. The molecule has 110 valence electrons. The van der Waals surface area contributed by atoms with E-state index in [1.165, 1.54) is 24.8 Å². The van der Waals surface area contributed by atoms with E-state index in [0.29, 0.717) is 11.8 Å². The lowest BCUT2D eigenvalue weighted by atomic mass is 9.99. The molecular formula is C16H23NO2S. The molecule has 0 bridgehead atoms. The lowest BCUT2D eigenvalue weighted by molar-refractivity contribution is 0.469. The molecule has 4 unspecified atom stereocenters. The van der Waals surface area contributed by atoms with Crippen LogP contribution >= 0.6 is 0 Å². The van der Waals surface area contributed by atoms with Crippen molar-refractivity contribution in [1.29, 1.82) is 0 Å². The van der Waals surface area contributed by atoms with E-state index in [4.69, 9.17) is 0 Å². The van der Waals surface area contributed by atoms with Gasteiger partial charge in [0.2, 0.25) is 0 Å². The molecule has 20 heavy (non-hydrogen) atoms. The molecule has 1 aromatic carbocycles. The molecule has 0 aliphatic heterocycles. The third kappa shape index (κ3) is 3.92. The minimum atomic E-state index is -2.29. The van der Waals surface area contributed by atoms with E-state index in [2.05, 4.69) is 30.3 Å². The van der Waals surface area contributed by atoms with Crippen molar-refractivity contribution in [1.82, 2.24) is 0 Å². The average Bonchev–Trinajstić information content (AvgIpc) is 3.11. The predicted octanol–water partition coefficient (Wildman–Crippen LogP) is 4.05. The van der Waals surface area contributed by atoms with Crippen molar-refractivity contribution in [3.05, 3.63) is 35.9 Å². The highest BCUT2D eigenvalue weighted by atomic mass is 32.2. The third-order valence-corrected chi connectivity index (χ3v) is 4.87. The van der Waals surface area contributed by atoms with Gasteiger partial charge in [-0.1, -0.05) is 63.4 Å². The quantitative estimate of drug-likeness (QED) is 0.761. The zero-order valence-corrected chi connectivity index (χ0v) is 13.0. The van der Waals surface area contributed by atoms with Crippen LogP contribution in [0.2, 0.25) is 0 Å². The number of benzene rings is 1. The Labute approximate surface area is 123 Å². The van der Waals surface area contributed by atoms with Gasteiger partial charge < -0.3 is 0 Å². The van der Waals surface area contributed by atoms with Crippen molar-refractivity contribution in [2.45, 2.75) is 51.5 Å². The fourth-order valence-electron chi connectivity index (χ4n) is 2.97. The van der Waals surface area contributed by atoms with E-state index in [9.17, 15) is 8.42 Å². The van der Waals surface area contributed by atoms with Crippen molar-refractivity contribution in [3.63, 3.8) is 0 Å². The molecule has 3 nitrogen and oxygen atoms in total. The van der Waals surface area contributed by atoms with E-state index < -0.39 is 10.5 Å². The average molecular weight is 293 g/mol. The molecule has 4 heteroatoms. The minimum absolute atomic E-state index is 0.0346. The lowest BCUT2D eigenvalue weighted by Gasteiger charge is -2.07. The normalized spacial score (nSPS) is 26.0. The zero-order chi connectivity index (χ0) is 14.5. The number of hydrogen-bond acceptors (Lipinski definition) is 3. The minimum Gasteiger partial charge on any atom is -0.168 e. The van der Waals surface area contributed by atoms with E-state index in [-0.39, 0.29) is 6.04 Å². The van der Waals surface area contributed by atoms with E-state index in [1.807, 2.05) is 18.2 Å². The second-order valence-corrected chi connectivity index (χ2v) is 6.50. The van der Waals surface area contributed by atoms with Gasteiger partial charge in [-0.3, -0.25) is 0 Å². The van der Waals surface area contributed by atoms with E-state index in [0.717, 1.165) is 12.3 Å². The lowest BCUT2D eigenvalue weighted by Crippen LogP contribution is -1.93. The van der Waals surface area contributed by atoms with Crippen molar-refractivity contribution >= 4 is 10.5 Å². The van der Waals surface area contributed by atoms with Crippen LogP contribution in [-0.4, -0.2) is 14.5 Å². The van der Waals surface area contributed by atoms with Crippen molar-refractivity contribution < 1.29 is 8.42 Å². The fraction of sp³-hybridized carbons (Fsp3) is 0.625. The number of rotatable bonds is 7. The first-order chi connectivity index (χ1) is 9.63. The summed E-state index contributed by atoms with van der Waals surface area (Å²) in [6, 6.07) is 10.1. The summed E-state index contributed by atoms with van der Waals surface area (Å²) in [5.74, 6) is 1.46. The summed E-state index contributed by atoms with van der Waals surface area (Å²) in [5.41, 5.74) is 1.22. The second kappa shape index (κ2) is 7.02. The van der Waals surface area contributed by atoms with Gasteiger partial charge in [0.15, 0.2) is 0 Å². The van der Waals surface area contributed by atoms with E-state index in [1.54, 1.807) is 0 Å². The molecule has 1 saturated carbocycles. The molecule has 1 aliphatic rings. The number of nitrogens with zero attached hydrogens (tertiary/aromatic N) is 1. The Morgan fingerprint density at radius 2 is 1.95 bits per heavy atom. The molecule has 1 aliphatic carbocycles. The molecule has 0 heterocycles. The van der Waals surface area contributed by atoms with Gasteiger partial charge >= 0.3 is 10.5 Å². The topological polar surface area (TPSA) is 46.5 Å². The van der Waals surface area contributed by atoms with Gasteiger partial charge in [0.25, 0.3) is 0 Å². The maximum atomic E-state index is 10.8. The van der Waals surface area contributed by atoms with Crippen molar-refractivity contribution in [3.8, 4) is 0 Å². The van der Waals surface area contributed by atoms with E-state index >= 15 is 0 Å². The summed E-state index contributed by atoms with van der Waals surface area (Å²) >= 11 is 0. The van der Waals surface area contributed by atoms with Crippen molar-refractivity contribution in [2.24, 2.45) is 16.2 Å². The van der Waals surface area contributed by atoms with Gasteiger partial charge in [-0.15, -0.1) is 0 Å². The molecule has 2 rings (SSSR count). The second-order valence-electron chi connectivity index (χ2n) is 5.86. The van der Waals surface area contributed by atoms with Crippen LogP contribution in [0.1, 0.15) is 51.0 Å². The van der Waals surface area contributed by atoms with Crippen LogP contribution in [0.5, 0.6) is 0 Å².